The van der Waals surface area contributed by atoms with Crippen LogP contribution in [0.1, 0.15) is 19.3 Å². The van der Waals surface area contributed by atoms with E-state index < -0.39 is 0 Å². The SMILES string of the molecule is CN(CCCCCN(C)c1ccnc2ccccc12)c1ccnc2ccccc12. The van der Waals surface area contributed by atoms with Crippen LogP contribution in [0.4, 0.5) is 11.4 Å². The van der Waals surface area contributed by atoms with Crippen molar-refractivity contribution >= 4 is 33.2 Å². The summed E-state index contributed by atoms with van der Waals surface area (Å²) in [7, 11) is 4.36. The topological polar surface area (TPSA) is 32.3 Å². The van der Waals surface area contributed by atoms with Gasteiger partial charge in [-0.2, -0.15) is 0 Å². The second kappa shape index (κ2) is 8.91. The van der Waals surface area contributed by atoms with E-state index in [1.165, 1.54) is 41.4 Å². The third-order valence-corrected chi connectivity index (χ3v) is 5.56. The number of benzene rings is 2. The number of hydrogen-bond donors (Lipinski definition) is 0. The van der Waals surface area contributed by atoms with Crippen LogP contribution in [0, 0.1) is 0 Å². The zero-order valence-electron chi connectivity index (χ0n) is 17.3. The molecule has 0 radical (unpaired) electrons. The maximum Gasteiger partial charge on any atom is 0.0722 e. The number of para-hydroxylation sites is 2. The Balaban J connectivity index is 1.29. The molecule has 0 bridgehead atoms. The van der Waals surface area contributed by atoms with Crippen LogP contribution < -0.4 is 9.80 Å². The van der Waals surface area contributed by atoms with E-state index >= 15 is 0 Å². The van der Waals surface area contributed by atoms with Crippen LogP contribution in [0.25, 0.3) is 21.8 Å². The van der Waals surface area contributed by atoms with E-state index in [0.29, 0.717) is 0 Å². The number of hydrogen-bond acceptors (Lipinski definition) is 4. The van der Waals surface area contributed by atoms with E-state index in [1.54, 1.807) is 0 Å². The monoisotopic (exact) mass is 384 g/mol. The summed E-state index contributed by atoms with van der Waals surface area (Å²) in [5.41, 5.74) is 4.64. The molecule has 0 amide bonds. The molecule has 4 nitrogen and oxygen atoms in total. The van der Waals surface area contributed by atoms with E-state index in [9.17, 15) is 0 Å². The molecule has 0 atom stereocenters. The Morgan fingerprint density at radius 1 is 0.586 bits per heavy atom. The molecular formula is C25H28N4. The molecule has 2 aromatic carbocycles. The van der Waals surface area contributed by atoms with Crippen LogP contribution in [0.5, 0.6) is 0 Å². The minimum absolute atomic E-state index is 1.05. The van der Waals surface area contributed by atoms with Crippen molar-refractivity contribution < 1.29 is 0 Å². The van der Waals surface area contributed by atoms with Crippen LogP contribution in [-0.2, 0) is 0 Å². The van der Waals surface area contributed by atoms with Gasteiger partial charge in [0.05, 0.1) is 11.0 Å². The standard InChI is InChI=1S/C25H28N4/c1-28(24-14-16-26-22-12-6-4-10-20(22)24)18-8-3-9-19-29(2)25-15-17-27-23-13-7-5-11-21(23)25/h4-7,10-17H,3,8-9,18-19H2,1-2H3. The second-order valence-corrected chi connectivity index (χ2v) is 7.60. The molecule has 0 saturated heterocycles. The third-order valence-electron chi connectivity index (χ3n) is 5.56. The van der Waals surface area contributed by atoms with Gasteiger partial charge in [0.2, 0.25) is 0 Å². The number of nitrogens with zero attached hydrogens (tertiary/aromatic N) is 4. The van der Waals surface area contributed by atoms with Crippen molar-refractivity contribution in [3.63, 3.8) is 0 Å². The number of unbranched alkanes of at least 4 members (excludes halogenated alkanes) is 2. The van der Waals surface area contributed by atoms with Crippen molar-refractivity contribution in [3.05, 3.63) is 73.1 Å². The van der Waals surface area contributed by atoms with Crippen molar-refractivity contribution in [1.82, 2.24) is 9.97 Å². The number of pyridine rings is 2. The molecule has 2 aromatic heterocycles. The summed E-state index contributed by atoms with van der Waals surface area (Å²) < 4.78 is 0. The highest BCUT2D eigenvalue weighted by molar-refractivity contribution is 5.92. The molecule has 0 aliphatic rings. The Morgan fingerprint density at radius 3 is 1.52 bits per heavy atom. The Morgan fingerprint density at radius 2 is 1.03 bits per heavy atom. The molecule has 0 unspecified atom stereocenters. The molecular weight excluding hydrogens is 356 g/mol. The van der Waals surface area contributed by atoms with Gasteiger partial charge in [0.15, 0.2) is 0 Å². The number of aromatic nitrogens is 2. The van der Waals surface area contributed by atoms with Crippen molar-refractivity contribution in [3.8, 4) is 0 Å². The molecule has 4 heteroatoms. The van der Waals surface area contributed by atoms with Crippen LogP contribution in [0.2, 0.25) is 0 Å². The number of anilines is 2. The van der Waals surface area contributed by atoms with Crippen LogP contribution in [-0.4, -0.2) is 37.2 Å². The van der Waals surface area contributed by atoms with E-state index in [-0.39, 0.29) is 0 Å². The molecule has 0 aliphatic heterocycles. The molecule has 0 saturated carbocycles. The maximum absolute atomic E-state index is 4.47. The molecule has 4 rings (SSSR count). The Bertz CT molecular complexity index is 994. The van der Waals surface area contributed by atoms with Gasteiger partial charge in [-0.1, -0.05) is 36.4 Å². The van der Waals surface area contributed by atoms with Crippen molar-refractivity contribution in [1.29, 1.82) is 0 Å². The average Bonchev–Trinajstić information content (AvgIpc) is 2.77. The highest BCUT2D eigenvalue weighted by Gasteiger charge is 2.08. The summed E-state index contributed by atoms with van der Waals surface area (Å²) in [5.74, 6) is 0. The van der Waals surface area contributed by atoms with E-state index in [2.05, 4.69) is 82.4 Å². The smallest absolute Gasteiger partial charge is 0.0722 e. The Labute approximate surface area is 172 Å². The van der Waals surface area contributed by atoms with Gasteiger partial charge in [0.25, 0.3) is 0 Å². The van der Waals surface area contributed by atoms with Crippen molar-refractivity contribution in [2.24, 2.45) is 0 Å². The molecule has 0 fully saturated rings. The first-order valence-electron chi connectivity index (χ1n) is 10.3. The van der Waals surface area contributed by atoms with Gasteiger partial charge >= 0.3 is 0 Å². The van der Waals surface area contributed by atoms with Gasteiger partial charge in [-0.25, -0.2) is 0 Å². The first kappa shape index (κ1) is 19.2. The van der Waals surface area contributed by atoms with E-state index in [0.717, 1.165) is 24.1 Å². The lowest BCUT2D eigenvalue weighted by atomic mass is 10.1. The normalized spacial score (nSPS) is 11.1. The lowest BCUT2D eigenvalue weighted by molar-refractivity contribution is 0.667. The molecule has 0 N–H and O–H groups in total. The predicted octanol–water partition coefficient (Wildman–Crippen LogP) is 5.53. The second-order valence-electron chi connectivity index (χ2n) is 7.60. The third kappa shape index (κ3) is 4.32. The average molecular weight is 385 g/mol. The van der Waals surface area contributed by atoms with E-state index in [4.69, 9.17) is 0 Å². The number of rotatable bonds is 8. The Kier molecular flexibility index (Phi) is 5.89. The molecule has 0 aliphatic carbocycles. The lowest BCUT2D eigenvalue weighted by Gasteiger charge is -2.22. The van der Waals surface area contributed by atoms with Crippen LogP contribution >= 0.6 is 0 Å². The lowest BCUT2D eigenvalue weighted by Crippen LogP contribution is -2.21. The van der Waals surface area contributed by atoms with Crippen LogP contribution in [0.3, 0.4) is 0 Å². The maximum atomic E-state index is 4.47. The predicted molar refractivity (Wildman–Crippen MR) is 124 cm³/mol. The zero-order valence-corrected chi connectivity index (χ0v) is 17.3. The van der Waals surface area contributed by atoms with Crippen molar-refractivity contribution in [2.75, 3.05) is 37.0 Å². The van der Waals surface area contributed by atoms with Gasteiger partial charge in [-0.05, 0) is 43.5 Å². The van der Waals surface area contributed by atoms with E-state index in [1.807, 2.05) is 24.5 Å². The highest BCUT2D eigenvalue weighted by atomic mass is 15.1. The fourth-order valence-electron chi connectivity index (χ4n) is 3.94. The molecule has 0 spiro atoms. The van der Waals surface area contributed by atoms with Gasteiger partial charge < -0.3 is 9.80 Å². The summed E-state index contributed by atoms with van der Waals surface area (Å²) in [6.45, 7) is 2.10. The minimum atomic E-state index is 1.05. The van der Waals surface area contributed by atoms with Gasteiger partial charge in [-0.15, -0.1) is 0 Å². The largest absolute Gasteiger partial charge is 0.374 e. The van der Waals surface area contributed by atoms with Gasteiger partial charge in [-0.3, -0.25) is 9.97 Å². The molecule has 148 valence electrons. The first-order valence-corrected chi connectivity index (χ1v) is 10.3. The summed E-state index contributed by atoms with van der Waals surface area (Å²) in [4.78, 5) is 13.6. The summed E-state index contributed by atoms with van der Waals surface area (Å²) in [5, 5.41) is 2.45. The van der Waals surface area contributed by atoms with Crippen molar-refractivity contribution in [2.45, 2.75) is 19.3 Å². The zero-order chi connectivity index (χ0) is 20.1. The van der Waals surface area contributed by atoms with Gasteiger partial charge in [0, 0.05) is 61.7 Å². The fraction of sp³-hybridized carbons (Fsp3) is 0.280. The highest BCUT2D eigenvalue weighted by Crippen LogP contribution is 2.25. The summed E-state index contributed by atoms with van der Waals surface area (Å²) in [6, 6.07) is 20.9. The van der Waals surface area contributed by atoms with Gasteiger partial charge in [0.1, 0.15) is 0 Å². The quantitative estimate of drug-likeness (QED) is 0.374. The first-order chi connectivity index (χ1) is 14.2. The molecule has 4 aromatic rings. The summed E-state index contributed by atoms with van der Waals surface area (Å²) >= 11 is 0. The fourth-order valence-corrected chi connectivity index (χ4v) is 3.94. The molecule has 2 heterocycles. The molecule has 29 heavy (non-hydrogen) atoms. The number of fused-ring (bicyclic) bond motifs is 2. The van der Waals surface area contributed by atoms with Crippen LogP contribution in [0.15, 0.2) is 73.1 Å². The Hall–Kier alpha value is -3.14. The summed E-state index contributed by atoms with van der Waals surface area (Å²) in [6.07, 6.45) is 7.38. The minimum Gasteiger partial charge on any atom is -0.374 e.